The summed E-state index contributed by atoms with van der Waals surface area (Å²) in [5.41, 5.74) is 0.744. The Morgan fingerprint density at radius 3 is 2.44 bits per heavy atom. The molecule has 0 saturated carbocycles. The third-order valence-electron chi connectivity index (χ3n) is 2.47. The lowest BCUT2D eigenvalue weighted by molar-refractivity contribution is 0.787. The van der Waals surface area contributed by atoms with Gasteiger partial charge in [0.05, 0.1) is 5.69 Å². The molecule has 1 aromatic rings. The molecule has 4 nitrogen and oxygen atoms in total. The van der Waals surface area contributed by atoms with Crippen LogP contribution in [-0.2, 0) is 6.42 Å². The summed E-state index contributed by atoms with van der Waals surface area (Å²) < 4.78 is 0.560. The highest BCUT2D eigenvalue weighted by molar-refractivity contribution is 9.10. The molecular weight excluding hydrogens is 270 g/mol. The monoisotopic (exact) mass is 287 g/mol. The molecule has 0 spiro atoms. The van der Waals surface area contributed by atoms with Crippen LogP contribution in [0.15, 0.2) is 9.27 Å². The van der Waals surface area contributed by atoms with Gasteiger partial charge in [-0.25, -0.2) is 4.98 Å². The molecule has 0 atom stereocenters. The van der Waals surface area contributed by atoms with Crippen LogP contribution < -0.4 is 10.5 Å². The Morgan fingerprint density at radius 1 is 1.31 bits per heavy atom. The van der Waals surface area contributed by atoms with Crippen LogP contribution in [0.1, 0.15) is 32.9 Å². The minimum Gasteiger partial charge on any atom is -0.343 e. The molecule has 16 heavy (non-hydrogen) atoms. The van der Waals surface area contributed by atoms with Crippen molar-refractivity contribution in [3.8, 4) is 0 Å². The summed E-state index contributed by atoms with van der Waals surface area (Å²) in [7, 11) is 0. The number of aryl methyl sites for hydroxylation is 1. The zero-order valence-corrected chi connectivity index (χ0v) is 11.6. The predicted octanol–water partition coefficient (Wildman–Crippen LogP) is 2.33. The summed E-state index contributed by atoms with van der Waals surface area (Å²) in [6, 6.07) is 0. The number of hydrogen-bond acceptors (Lipinski definition) is 3. The first-order chi connectivity index (χ1) is 7.63. The first-order valence-corrected chi connectivity index (χ1v) is 6.46. The van der Waals surface area contributed by atoms with Crippen molar-refractivity contribution in [2.45, 2.75) is 33.6 Å². The normalized spacial score (nSPS) is 10.5. The summed E-state index contributed by atoms with van der Waals surface area (Å²) in [4.78, 5) is 21.0. The van der Waals surface area contributed by atoms with Crippen molar-refractivity contribution >= 4 is 21.9 Å². The first kappa shape index (κ1) is 13.2. The smallest absolute Gasteiger partial charge is 0.266 e. The molecule has 90 valence electrons. The van der Waals surface area contributed by atoms with Gasteiger partial charge in [-0.1, -0.05) is 13.3 Å². The molecule has 0 fully saturated rings. The van der Waals surface area contributed by atoms with Gasteiger partial charge in [0, 0.05) is 13.1 Å². The summed E-state index contributed by atoms with van der Waals surface area (Å²) >= 11 is 3.28. The van der Waals surface area contributed by atoms with Crippen LogP contribution in [0.25, 0.3) is 0 Å². The second-order valence-electron chi connectivity index (χ2n) is 3.57. The summed E-state index contributed by atoms with van der Waals surface area (Å²) in [5.74, 6) is 0.668. The lowest BCUT2D eigenvalue weighted by atomic mass is 10.2. The molecule has 0 aliphatic rings. The first-order valence-electron chi connectivity index (χ1n) is 5.67. The third-order valence-corrected chi connectivity index (χ3v) is 3.29. The van der Waals surface area contributed by atoms with E-state index in [-0.39, 0.29) is 5.56 Å². The SMILES string of the molecule is CCCc1nc(N(CC)CC)[nH]c(=O)c1Br. The molecule has 1 rings (SSSR count). The van der Waals surface area contributed by atoms with Crippen molar-refractivity contribution in [2.75, 3.05) is 18.0 Å². The maximum absolute atomic E-state index is 11.7. The van der Waals surface area contributed by atoms with Gasteiger partial charge in [-0.15, -0.1) is 0 Å². The minimum atomic E-state index is -0.0969. The van der Waals surface area contributed by atoms with Gasteiger partial charge in [-0.05, 0) is 36.2 Å². The van der Waals surface area contributed by atoms with E-state index in [1.165, 1.54) is 0 Å². The van der Waals surface area contributed by atoms with Crippen LogP contribution in [0, 0.1) is 0 Å². The van der Waals surface area contributed by atoms with Crippen LogP contribution in [0.5, 0.6) is 0 Å². The number of anilines is 1. The van der Waals surface area contributed by atoms with Crippen LogP contribution in [0.3, 0.4) is 0 Å². The van der Waals surface area contributed by atoms with Gasteiger partial charge in [-0.2, -0.15) is 0 Å². The Morgan fingerprint density at radius 2 is 1.94 bits per heavy atom. The topological polar surface area (TPSA) is 49.0 Å². The lowest BCUT2D eigenvalue weighted by Crippen LogP contribution is -2.27. The van der Waals surface area contributed by atoms with Gasteiger partial charge in [0.2, 0.25) is 5.95 Å². The Bertz CT molecular complexity index is 399. The van der Waals surface area contributed by atoms with Gasteiger partial charge in [0.25, 0.3) is 5.56 Å². The molecule has 0 aliphatic carbocycles. The number of nitrogens with one attached hydrogen (secondary N) is 1. The number of halogens is 1. The second kappa shape index (κ2) is 6.03. The highest BCUT2D eigenvalue weighted by Crippen LogP contribution is 2.14. The molecule has 0 aliphatic heterocycles. The molecule has 0 bridgehead atoms. The number of aromatic nitrogens is 2. The maximum atomic E-state index is 11.7. The fourth-order valence-corrected chi connectivity index (χ4v) is 1.95. The minimum absolute atomic E-state index is 0.0969. The van der Waals surface area contributed by atoms with Crippen molar-refractivity contribution in [1.29, 1.82) is 0 Å². The molecule has 5 heteroatoms. The fourth-order valence-electron chi connectivity index (χ4n) is 1.57. The van der Waals surface area contributed by atoms with Gasteiger partial charge < -0.3 is 4.90 Å². The Hall–Kier alpha value is -0.840. The Labute approximate surface area is 104 Å². The van der Waals surface area contributed by atoms with E-state index in [1.54, 1.807) is 0 Å². The number of H-pyrrole nitrogens is 1. The van der Waals surface area contributed by atoms with Crippen LogP contribution >= 0.6 is 15.9 Å². The van der Waals surface area contributed by atoms with E-state index in [2.05, 4.69) is 32.8 Å². The number of hydrogen-bond donors (Lipinski definition) is 1. The van der Waals surface area contributed by atoms with Crippen molar-refractivity contribution in [3.05, 3.63) is 20.5 Å². The predicted molar refractivity (Wildman–Crippen MR) is 70.1 cm³/mol. The third kappa shape index (κ3) is 2.84. The second-order valence-corrected chi connectivity index (χ2v) is 4.37. The average Bonchev–Trinajstić information content (AvgIpc) is 2.27. The molecule has 1 heterocycles. The summed E-state index contributed by atoms with van der Waals surface area (Å²) in [5, 5.41) is 0. The molecule has 1 N–H and O–H groups in total. The van der Waals surface area contributed by atoms with Crippen molar-refractivity contribution in [3.63, 3.8) is 0 Å². The Balaban J connectivity index is 3.17. The number of aromatic amines is 1. The fraction of sp³-hybridized carbons (Fsp3) is 0.636. The zero-order valence-electron chi connectivity index (χ0n) is 10.0. The van der Waals surface area contributed by atoms with Gasteiger partial charge in [-0.3, -0.25) is 9.78 Å². The molecular formula is C11H18BrN3O. The van der Waals surface area contributed by atoms with E-state index in [0.29, 0.717) is 10.4 Å². The quantitative estimate of drug-likeness (QED) is 0.904. The molecule has 0 amide bonds. The Kier molecular flexibility index (Phi) is 4.99. The summed E-state index contributed by atoms with van der Waals surface area (Å²) in [6.45, 7) is 7.85. The number of rotatable bonds is 5. The van der Waals surface area contributed by atoms with E-state index < -0.39 is 0 Å². The van der Waals surface area contributed by atoms with Crippen molar-refractivity contribution in [2.24, 2.45) is 0 Å². The van der Waals surface area contributed by atoms with Gasteiger partial charge in [0.15, 0.2) is 0 Å². The molecule has 1 aromatic heterocycles. The van der Waals surface area contributed by atoms with Crippen molar-refractivity contribution < 1.29 is 0 Å². The highest BCUT2D eigenvalue weighted by Gasteiger charge is 2.11. The maximum Gasteiger partial charge on any atom is 0.266 e. The van der Waals surface area contributed by atoms with Crippen LogP contribution in [0.2, 0.25) is 0 Å². The van der Waals surface area contributed by atoms with E-state index >= 15 is 0 Å². The van der Waals surface area contributed by atoms with Crippen LogP contribution in [-0.4, -0.2) is 23.1 Å². The molecule has 0 radical (unpaired) electrons. The molecule has 0 saturated heterocycles. The largest absolute Gasteiger partial charge is 0.343 e. The molecule has 0 aromatic carbocycles. The van der Waals surface area contributed by atoms with Crippen LogP contribution in [0.4, 0.5) is 5.95 Å². The highest BCUT2D eigenvalue weighted by atomic mass is 79.9. The van der Waals surface area contributed by atoms with Gasteiger partial charge >= 0.3 is 0 Å². The van der Waals surface area contributed by atoms with Gasteiger partial charge in [0.1, 0.15) is 4.47 Å². The van der Waals surface area contributed by atoms with E-state index in [9.17, 15) is 4.79 Å². The summed E-state index contributed by atoms with van der Waals surface area (Å²) in [6.07, 6.45) is 1.80. The van der Waals surface area contributed by atoms with Crippen molar-refractivity contribution in [1.82, 2.24) is 9.97 Å². The number of nitrogens with zero attached hydrogens (tertiary/aromatic N) is 2. The van der Waals surface area contributed by atoms with E-state index in [4.69, 9.17) is 0 Å². The zero-order chi connectivity index (χ0) is 12.1. The van der Waals surface area contributed by atoms with E-state index in [0.717, 1.165) is 31.6 Å². The molecule has 0 unspecified atom stereocenters. The lowest BCUT2D eigenvalue weighted by Gasteiger charge is -2.19. The average molecular weight is 288 g/mol. The standard InChI is InChI=1S/C11H18BrN3O/c1-4-7-8-9(12)10(16)14-11(13-8)15(5-2)6-3/h4-7H2,1-3H3,(H,13,14,16). The van der Waals surface area contributed by atoms with E-state index in [1.807, 2.05) is 18.7 Å².